The number of likely N-dealkylation sites (tertiary alicyclic amines) is 1. The fraction of sp³-hybridized carbons (Fsp3) is 0.562. The molecule has 0 bridgehead atoms. The fourth-order valence-electron chi connectivity index (χ4n) is 2.89. The summed E-state index contributed by atoms with van der Waals surface area (Å²) in [6.45, 7) is 9.78. The van der Waals surface area contributed by atoms with Crippen molar-refractivity contribution in [1.82, 2.24) is 9.80 Å². The van der Waals surface area contributed by atoms with Crippen molar-refractivity contribution in [3.8, 4) is 5.75 Å². The van der Waals surface area contributed by atoms with Gasteiger partial charge in [-0.05, 0) is 44.1 Å². The van der Waals surface area contributed by atoms with E-state index in [4.69, 9.17) is 0 Å². The van der Waals surface area contributed by atoms with Crippen LogP contribution in [0.1, 0.15) is 36.2 Å². The van der Waals surface area contributed by atoms with Gasteiger partial charge in [-0.25, -0.2) is 0 Å². The SMILES string of the molecule is CCN(CC)C1CCN(C(=O)c2ccc(C)c(O)c2)C1. The lowest BCUT2D eigenvalue weighted by Crippen LogP contribution is -2.38. The second-order valence-corrected chi connectivity index (χ2v) is 5.42. The van der Waals surface area contributed by atoms with Crippen molar-refractivity contribution in [3.63, 3.8) is 0 Å². The molecular weight excluding hydrogens is 252 g/mol. The van der Waals surface area contributed by atoms with Gasteiger partial charge >= 0.3 is 0 Å². The van der Waals surface area contributed by atoms with Gasteiger partial charge in [-0.2, -0.15) is 0 Å². The lowest BCUT2D eigenvalue weighted by atomic mass is 10.1. The van der Waals surface area contributed by atoms with Gasteiger partial charge in [0.1, 0.15) is 5.75 Å². The minimum atomic E-state index is 0.0231. The quantitative estimate of drug-likeness (QED) is 0.917. The van der Waals surface area contributed by atoms with E-state index in [2.05, 4.69) is 18.7 Å². The van der Waals surface area contributed by atoms with E-state index in [0.717, 1.165) is 38.2 Å². The van der Waals surface area contributed by atoms with Crippen molar-refractivity contribution in [1.29, 1.82) is 0 Å². The maximum Gasteiger partial charge on any atom is 0.254 e. The van der Waals surface area contributed by atoms with Crippen molar-refractivity contribution >= 4 is 5.91 Å². The zero-order valence-corrected chi connectivity index (χ0v) is 12.6. The maximum absolute atomic E-state index is 12.5. The Balaban J connectivity index is 2.05. The lowest BCUT2D eigenvalue weighted by molar-refractivity contribution is 0.0777. The summed E-state index contributed by atoms with van der Waals surface area (Å²) < 4.78 is 0. The van der Waals surface area contributed by atoms with E-state index in [1.165, 1.54) is 0 Å². The topological polar surface area (TPSA) is 43.8 Å². The van der Waals surface area contributed by atoms with Gasteiger partial charge in [0.15, 0.2) is 0 Å². The Bertz CT molecular complexity index is 483. The summed E-state index contributed by atoms with van der Waals surface area (Å²) in [7, 11) is 0. The molecule has 1 amide bonds. The molecule has 0 aromatic heterocycles. The first-order valence-electron chi connectivity index (χ1n) is 7.39. The van der Waals surface area contributed by atoms with E-state index in [0.29, 0.717) is 11.6 Å². The average molecular weight is 276 g/mol. The number of hydrogen-bond donors (Lipinski definition) is 1. The molecule has 1 N–H and O–H groups in total. The smallest absolute Gasteiger partial charge is 0.254 e. The molecule has 1 aliphatic rings. The molecular formula is C16H24N2O2. The van der Waals surface area contributed by atoms with E-state index in [1.54, 1.807) is 18.2 Å². The Hall–Kier alpha value is -1.55. The Morgan fingerprint density at radius 1 is 1.40 bits per heavy atom. The van der Waals surface area contributed by atoms with Crippen LogP contribution in [0.25, 0.3) is 0 Å². The molecule has 1 atom stereocenters. The summed E-state index contributed by atoms with van der Waals surface area (Å²) >= 11 is 0. The number of carbonyl (C=O) groups excluding carboxylic acids is 1. The monoisotopic (exact) mass is 276 g/mol. The molecule has 110 valence electrons. The standard InChI is InChI=1S/C16H24N2O2/c1-4-17(5-2)14-8-9-18(11-14)16(20)13-7-6-12(3)15(19)10-13/h6-7,10,14,19H,4-5,8-9,11H2,1-3H3. The summed E-state index contributed by atoms with van der Waals surface area (Å²) in [4.78, 5) is 16.8. The summed E-state index contributed by atoms with van der Waals surface area (Å²) in [5, 5.41) is 9.73. The van der Waals surface area contributed by atoms with Gasteiger partial charge in [-0.15, -0.1) is 0 Å². The number of rotatable bonds is 4. The van der Waals surface area contributed by atoms with Crippen molar-refractivity contribution in [3.05, 3.63) is 29.3 Å². The van der Waals surface area contributed by atoms with Crippen LogP contribution in [-0.4, -0.2) is 53.0 Å². The maximum atomic E-state index is 12.5. The first-order chi connectivity index (χ1) is 9.56. The van der Waals surface area contributed by atoms with Crippen LogP contribution in [0.5, 0.6) is 5.75 Å². The predicted octanol–water partition coefficient (Wildman–Crippen LogP) is 2.26. The summed E-state index contributed by atoms with van der Waals surface area (Å²) in [5.41, 5.74) is 1.37. The van der Waals surface area contributed by atoms with Crippen LogP contribution in [0.2, 0.25) is 0 Å². The van der Waals surface area contributed by atoms with Gasteiger partial charge in [0, 0.05) is 24.7 Å². The van der Waals surface area contributed by atoms with Crippen LogP contribution in [-0.2, 0) is 0 Å². The Kier molecular flexibility index (Phi) is 4.65. The Morgan fingerprint density at radius 3 is 2.70 bits per heavy atom. The number of aromatic hydroxyl groups is 1. The minimum Gasteiger partial charge on any atom is -0.508 e. The molecule has 1 aromatic carbocycles. The highest BCUT2D eigenvalue weighted by atomic mass is 16.3. The number of amides is 1. The molecule has 2 rings (SSSR count). The molecule has 20 heavy (non-hydrogen) atoms. The Morgan fingerprint density at radius 2 is 2.10 bits per heavy atom. The molecule has 0 aliphatic carbocycles. The van der Waals surface area contributed by atoms with Crippen molar-refractivity contribution in [2.75, 3.05) is 26.2 Å². The second-order valence-electron chi connectivity index (χ2n) is 5.42. The number of carbonyl (C=O) groups is 1. The molecule has 0 radical (unpaired) electrons. The van der Waals surface area contributed by atoms with Gasteiger partial charge in [-0.3, -0.25) is 9.69 Å². The first kappa shape index (κ1) is 14.9. The highest BCUT2D eigenvalue weighted by Crippen LogP contribution is 2.22. The number of hydrogen-bond acceptors (Lipinski definition) is 3. The number of phenolic OH excluding ortho intramolecular Hbond substituents is 1. The van der Waals surface area contributed by atoms with Crippen LogP contribution in [0.15, 0.2) is 18.2 Å². The number of likely N-dealkylation sites (N-methyl/N-ethyl adjacent to an activating group) is 1. The average Bonchev–Trinajstić information content (AvgIpc) is 2.92. The van der Waals surface area contributed by atoms with Gasteiger partial charge in [0.05, 0.1) is 0 Å². The number of aryl methyl sites for hydroxylation is 1. The van der Waals surface area contributed by atoms with E-state index in [-0.39, 0.29) is 11.7 Å². The highest BCUT2D eigenvalue weighted by Gasteiger charge is 2.29. The number of benzene rings is 1. The molecule has 1 aromatic rings. The van der Waals surface area contributed by atoms with Crippen molar-refractivity contribution < 1.29 is 9.90 Å². The lowest BCUT2D eigenvalue weighted by Gasteiger charge is -2.26. The zero-order chi connectivity index (χ0) is 14.7. The number of phenols is 1. The summed E-state index contributed by atoms with van der Waals surface area (Å²) in [6, 6.07) is 5.62. The third-order valence-corrected chi connectivity index (χ3v) is 4.24. The molecule has 4 nitrogen and oxygen atoms in total. The summed E-state index contributed by atoms with van der Waals surface area (Å²) in [5.74, 6) is 0.213. The molecule has 1 fully saturated rings. The van der Waals surface area contributed by atoms with Crippen LogP contribution in [0.3, 0.4) is 0 Å². The molecule has 1 unspecified atom stereocenters. The zero-order valence-electron chi connectivity index (χ0n) is 12.6. The molecule has 1 aliphatic heterocycles. The molecule has 1 heterocycles. The molecule has 4 heteroatoms. The van der Waals surface area contributed by atoms with Crippen LogP contribution >= 0.6 is 0 Å². The van der Waals surface area contributed by atoms with Crippen LogP contribution in [0.4, 0.5) is 0 Å². The van der Waals surface area contributed by atoms with Crippen molar-refractivity contribution in [2.45, 2.75) is 33.2 Å². The van der Waals surface area contributed by atoms with E-state index >= 15 is 0 Å². The van der Waals surface area contributed by atoms with E-state index in [1.807, 2.05) is 11.8 Å². The van der Waals surface area contributed by atoms with Gasteiger partial charge in [0.25, 0.3) is 5.91 Å². The predicted molar refractivity (Wildman–Crippen MR) is 80.1 cm³/mol. The van der Waals surface area contributed by atoms with Gasteiger partial charge in [0.2, 0.25) is 0 Å². The third kappa shape index (κ3) is 2.96. The van der Waals surface area contributed by atoms with E-state index < -0.39 is 0 Å². The normalized spacial score (nSPS) is 18.8. The van der Waals surface area contributed by atoms with Crippen LogP contribution in [0, 0.1) is 6.92 Å². The highest BCUT2D eigenvalue weighted by molar-refractivity contribution is 5.95. The third-order valence-electron chi connectivity index (χ3n) is 4.24. The molecule has 0 saturated carbocycles. The van der Waals surface area contributed by atoms with Crippen molar-refractivity contribution in [2.24, 2.45) is 0 Å². The molecule has 0 spiro atoms. The minimum absolute atomic E-state index is 0.0231. The van der Waals surface area contributed by atoms with Gasteiger partial charge in [-0.1, -0.05) is 19.9 Å². The Labute approximate surface area is 121 Å². The fourth-order valence-corrected chi connectivity index (χ4v) is 2.89. The number of nitrogens with zero attached hydrogens (tertiary/aromatic N) is 2. The largest absolute Gasteiger partial charge is 0.508 e. The second kappa shape index (κ2) is 6.27. The summed E-state index contributed by atoms with van der Waals surface area (Å²) in [6.07, 6.45) is 1.03. The molecule has 1 saturated heterocycles. The first-order valence-corrected chi connectivity index (χ1v) is 7.39. The van der Waals surface area contributed by atoms with Crippen LogP contribution < -0.4 is 0 Å². The van der Waals surface area contributed by atoms with E-state index in [9.17, 15) is 9.90 Å². The van der Waals surface area contributed by atoms with Gasteiger partial charge < -0.3 is 10.0 Å².